The summed E-state index contributed by atoms with van der Waals surface area (Å²) in [4.78, 5) is 22.1. The minimum absolute atomic E-state index is 0.115. The molecular formula is C16H15NO3. The van der Waals surface area contributed by atoms with E-state index in [4.69, 9.17) is 4.74 Å². The van der Waals surface area contributed by atoms with Crippen molar-refractivity contribution in [3.8, 4) is 5.75 Å². The Hall–Kier alpha value is -2.62. The number of aldehydes is 1. The Labute approximate surface area is 117 Å². The van der Waals surface area contributed by atoms with Crippen molar-refractivity contribution in [3.63, 3.8) is 0 Å². The Morgan fingerprint density at radius 2 is 1.95 bits per heavy atom. The molecule has 0 spiro atoms. The first-order valence-electron chi connectivity index (χ1n) is 6.22. The molecule has 1 amide bonds. The van der Waals surface area contributed by atoms with Gasteiger partial charge in [0.25, 0.3) is 5.91 Å². The molecule has 0 radical (unpaired) electrons. The standard InChI is InChI=1S/C16H15NO3/c1-17-16(19)14-7-5-12(6-8-14)11-20-15-4-2-3-13(9-15)10-18/h2-10H,11H2,1H3,(H,17,19). The van der Waals surface area contributed by atoms with Gasteiger partial charge >= 0.3 is 0 Å². The summed E-state index contributed by atoms with van der Waals surface area (Å²) < 4.78 is 5.60. The van der Waals surface area contributed by atoms with Gasteiger partial charge in [0, 0.05) is 18.2 Å². The highest BCUT2D eigenvalue weighted by atomic mass is 16.5. The van der Waals surface area contributed by atoms with Crippen LogP contribution in [0.2, 0.25) is 0 Å². The van der Waals surface area contributed by atoms with Crippen molar-refractivity contribution in [3.05, 3.63) is 65.2 Å². The number of amides is 1. The number of carbonyl (C=O) groups is 2. The first-order chi connectivity index (χ1) is 9.72. The average molecular weight is 269 g/mol. The lowest BCUT2D eigenvalue weighted by atomic mass is 10.1. The van der Waals surface area contributed by atoms with Crippen LogP contribution >= 0.6 is 0 Å². The molecule has 0 heterocycles. The van der Waals surface area contributed by atoms with E-state index in [-0.39, 0.29) is 5.91 Å². The monoisotopic (exact) mass is 269 g/mol. The van der Waals surface area contributed by atoms with Gasteiger partial charge in [0.1, 0.15) is 18.6 Å². The van der Waals surface area contributed by atoms with Crippen LogP contribution in [0.5, 0.6) is 5.75 Å². The fourth-order valence-corrected chi connectivity index (χ4v) is 1.74. The number of hydrogen-bond donors (Lipinski definition) is 1. The maximum absolute atomic E-state index is 11.4. The van der Waals surface area contributed by atoms with Crippen molar-refractivity contribution in [2.45, 2.75) is 6.61 Å². The van der Waals surface area contributed by atoms with Crippen LogP contribution in [0.15, 0.2) is 48.5 Å². The number of nitrogens with one attached hydrogen (secondary N) is 1. The van der Waals surface area contributed by atoms with Crippen LogP contribution in [0, 0.1) is 0 Å². The average Bonchev–Trinajstić information content (AvgIpc) is 2.53. The van der Waals surface area contributed by atoms with Gasteiger partial charge in [-0.15, -0.1) is 0 Å². The van der Waals surface area contributed by atoms with Crippen LogP contribution < -0.4 is 10.1 Å². The molecular weight excluding hydrogens is 254 g/mol. The largest absolute Gasteiger partial charge is 0.489 e. The van der Waals surface area contributed by atoms with Crippen molar-refractivity contribution in [1.29, 1.82) is 0 Å². The third-order valence-electron chi connectivity index (χ3n) is 2.84. The van der Waals surface area contributed by atoms with Crippen LogP contribution in [-0.2, 0) is 6.61 Å². The van der Waals surface area contributed by atoms with Crippen molar-refractivity contribution in [2.24, 2.45) is 0 Å². The maximum atomic E-state index is 11.4. The van der Waals surface area contributed by atoms with E-state index in [0.29, 0.717) is 23.5 Å². The van der Waals surface area contributed by atoms with Gasteiger partial charge in [0.05, 0.1) is 0 Å². The summed E-state index contributed by atoms with van der Waals surface area (Å²) in [7, 11) is 1.60. The lowest BCUT2D eigenvalue weighted by molar-refractivity contribution is 0.0962. The fraction of sp³-hybridized carbons (Fsp3) is 0.125. The zero-order chi connectivity index (χ0) is 14.4. The molecule has 0 saturated heterocycles. The van der Waals surface area contributed by atoms with E-state index in [2.05, 4.69) is 5.32 Å². The molecule has 0 atom stereocenters. The van der Waals surface area contributed by atoms with Crippen molar-refractivity contribution in [2.75, 3.05) is 7.05 Å². The molecule has 4 nitrogen and oxygen atoms in total. The van der Waals surface area contributed by atoms with Gasteiger partial charge in [-0.25, -0.2) is 0 Å². The number of benzene rings is 2. The predicted molar refractivity (Wildman–Crippen MR) is 76.0 cm³/mol. The van der Waals surface area contributed by atoms with E-state index in [9.17, 15) is 9.59 Å². The fourth-order valence-electron chi connectivity index (χ4n) is 1.74. The molecule has 0 aliphatic rings. The Morgan fingerprint density at radius 3 is 2.60 bits per heavy atom. The second-order valence-electron chi connectivity index (χ2n) is 4.26. The predicted octanol–water partition coefficient (Wildman–Crippen LogP) is 2.44. The molecule has 2 aromatic rings. The molecule has 0 bridgehead atoms. The van der Waals surface area contributed by atoms with Crippen LogP contribution in [-0.4, -0.2) is 19.2 Å². The van der Waals surface area contributed by atoms with E-state index in [1.807, 2.05) is 12.1 Å². The summed E-state index contributed by atoms with van der Waals surface area (Å²) in [5, 5.41) is 2.57. The first kappa shape index (κ1) is 13.8. The number of rotatable bonds is 5. The Balaban J connectivity index is 2.00. The van der Waals surface area contributed by atoms with Gasteiger partial charge in [0.15, 0.2) is 0 Å². The van der Waals surface area contributed by atoms with E-state index in [0.717, 1.165) is 11.8 Å². The molecule has 4 heteroatoms. The van der Waals surface area contributed by atoms with E-state index in [1.54, 1.807) is 43.4 Å². The molecule has 0 aliphatic heterocycles. The molecule has 2 rings (SSSR count). The smallest absolute Gasteiger partial charge is 0.251 e. The van der Waals surface area contributed by atoms with Crippen LogP contribution in [0.4, 0.5) is 0 Å². The van der Waals surface area contributed by atoms with E-state index >= 15 is 0 Å². The molecule has 0 aromatic heterocycles. The Morgan fingerprint density at radius 1 is 1.20 bits per heavy atom. The summed E-state index contributed by atoms with van der Waals surface area (Å²) >= 11 is 0. The van der Waals surface area contributed by atoms with Gasteiger partial charge in [-0.1, -0.05) is 24.3 Å². The topological polar surface area (TPSA) is 55.4 Å². The minimum Gasteiger partial charge on any atom is -0.489 e. The maximum Gasteiger partial charge on any atom is 0.251 e. The Kier molecular flexibility index (Phi) is 4.50. The zero-order valence-electron chi connectivity index (χ0n) is 11.1. The third kappa shape index (κ3) is 3.45. The van der Waals surface area contributed by atoms with Crippen LogP contribution in [0.3, 0.4) is 0 Å². The van der Waals surface area contributed by atoms with Crippen molar-refractivity contribution in [1.82, 2.24) is 5.32 Å². The van der Waals surface area contributed by atoms with Crippen molar-refractivity contribution < 1.29 is 14.3 Å². The SMILES string of the molecule is CNC(=O)c1ccc(COc2cccc(C=O)c2)cc1. The second-order valence-corrected chi connectivity index (χ2v) is 4.26. The van der Waals surface area contributed by atoms with Gasteiger partial charge in [-0.2, -0.15) is 0 Å². The molecule has 102 valence electrons. The number of hydrogen-bond acceptors (Lipinski definition) is 3. The molecule has 0 saturated carbocycles. The van der Waals surface area contributed by atoms with Crippen LogP contribution in [0.1, 0.15) is 26.3 Å². The Bertz CT molecular complexity index is 605. The molecule has 2 aromatic carbocycles. The second kappa shape index (κ2) is 6.52. The summed E-state index contributed by atoms with van der Waals surface area (Å²) in [5.74, 6) is 0.529. The lowest BCUT2D eigenvalue weighted by Gasteiger charge is -2.07. The number of ether oxygens (including phenoxy) is 1. The van der Waals surface area contributed by atoms with E-state index < -0.39 is 0 Å². The number of carbonyl (C=O) groups excluding carboxylic acids is 2. The van der Waals surface area contributed by atoms with Crippen LogP contribution in [0.25, 0.3) is 0 Å². The molecule has 1 N–H and O–H groups in total. The van der Waals surface area contributed by atoms with E-state index in [1.165, 1.54) is 0 Å². The van der Waals surface area contributed by atoms with Gasteiger partial charge < -0.3 is 10.1 Å². The third-order valence-corrected chi connectivity index (χ3v) is 2.84. The quantitative estimate of drug-likeness (QED) is 0.848. The summed E-state index contributed by atoms with van der Waals surface area (Å²) in [6.45, 7) is 0.385. The van der Waals surface area contributed by atoms with Gasteiger partial charge in [-0.05, 0) is 29.8 Å². The van der Waals surface area contributed by atoms with Gasteiger partial charge in [-0.3, -0.25) is 9.59 Å². The van der Waals surface area contributed by atoms with Crippen molar-refractivity contribution >= 4 is 12.2 Å². The van der Waals surface area contributed by atoms with Gasteiger partial charge in [0.2, 0.25) is 0 Å². The lowest BCUT2D eigenvalue weighted by Crippen LogP contribution is -2.17. The highest BCUT2D eigenvalue weighted by molar-refractivity contribution is 5.93. The first-order valence-corrected chi connectivity index (χ1v) is 6.22. The minimum atomic E-state index is -0.115. The molecule has 0 aliphatic carbocycles. The zero-order valence-corrected chi connectivity index (χ0v) is 11.1. The summed E-state index contributed by atoms with van der Waals surface area (Å²) in [6, 6.07) is 14.2. The molecule has 0 unspecified atom stereocenters. The molecule has 20 heavy (non-hydrogen) atoms. The normalized spacial score (nSPS) is 9.85. The summed E-state index contributed by atoms with van der Waals surface area (Å²) in [5.41, 5.74) is 2.14. The highest BCUT2D eigenvalue weighted by Crippen LogP contribution is 2.14. The molecule has 0 fully saturated rings. The highest BCUT2D eigenvalue weighted by Gasteiger charge is 2.03. The summed E-state index contributed by atoms with van der Waals surface area (Å²) in [6.07, 6.45) is 0.783.